The molecule has 0 aliphatic carbocycles. The standard InChI is InChI=1S/C15H23NO2/c1-11(2)9-14(10-12(3)17)16-13-5-7-15(18-4)8-6-13/h5-8,11,14,16H,9-10H2,1-4H3. The number of carbonyl (C=O) groups excluding carboxylic acids is 1. The number of hydrogen-bond donors (Lipinski definition) is 1. The predicted octanol–water partition coefficient (Wildman–Crippen LogP) is 3.50. The van der Waals surface area contributed by atoms with E-state index < -0.39 is 0 Å². The van der Waals surface area contributed by atoms with Crippen LogP contribution >= 0.6 is 0 Å². The van der Waals surface area contributed by atoms with Crippen molar-refractivity contribution in [2.45, 2.75) is 39.7 Å². The topological polar surface area (TPSA) is 38.3 Å². The molecule has 1 rings (SSSR count). The first-order valence-electron chi connectivity index (χ1n) is 6.41. The average molecular weight is 249 g/mol. The van der Waals surface area contributed by atoms with E-state index in [2.05, 4.69) is 19.2 Å². The molecule has 3 nitrogen and oxygen atoms in total. The van der Waals surface area contributed by atoms with Crippen LogP contribution < -0.4 is 10.1 Å². The van der Waals surface area contributed by atoms with Crippen LogP contribution in [-0.2, 0) is 4.79 Å². The number of methoxy groups -OCH3 is 1. The van der Waals surface area contributed by atoms with Gasteiger partial charge in [0.15, 0.2) is 0 Å². The zero-order chi connectivity index (χ0) is 13.5. The molecule has 0 spiro atoms. The number of anilines is 1. The molecular formula is C15H23NO2. The van der Waals surface area contributed by atoms with Gasteiger partial charge in [0.1, 0.15) is 11.5 Å². The first-order valence-corrected chi connectivity index (χ1v) is 6.41. The lowest BCUT2D eigenvalue weighted by atomic mass is 9.99. The Balaban J connectivity index is 2.65. The van der Waals surface area contributed by atoms with E-state index in [0.29, 0.717) is 12.3 Å². The van der Waals surface area contributed by atoms with Gasteiger partial charge in [-0.3, -0.25) is 4.79 Å². The summed E-state index contributed by atoms with van der Waals surface area (Å²) >= 11 is 0. The van der Waals surface area contributed by atoms with Crippen LogP contribution in [0, 0.1) is 5.92 Å². The van der Waals surface area contributed by atoms with Gasteiger partial charge in [0.25, 0.3) is 0 Å². The molecule has 1 aromatic carbocycles. The number of benzene rings is 1. The van der Waals surface area contributed by atoms with E-state index in [1.165, 1.54) is 0 Å². The van der Waals surface area contributed by atoms with Gasteiger partial charge in [0.2, 0.25) is 0 Å². The minimum absolute atomic E-state index is 0.205. The molecule has 1 N–H and O–H groups in total. The highest BCUT2D eigenvalue weighted by atomic mass is 16.5. The summed E-state index contributed by atoms with van der Waals surface area (Å²) in [4.78, 5) is 11.3. The number of nitrogens with one attached hydrogen (secondary N) is 1. The normalized spacial score (nSPS) is 12.3. The fourth-order valence-corrected chi connectivity index (χ4v) is 2.03. The third-order valence-corrected chi connectivity index (χ3v) is 2.75. The molecule has 0 saturated heterocycles. The number of carbonyl (C=O) groups is 1. The van der Waals surface area contributed by atoms with Gasteiger partial charge in [-0.2, -0.15) is 0 Å². The second kappa shape index (κ2) is 7.04. The van der Waals surface area contributed by atoms with E-state index in [9.17, 15) is 4.79 Å². The average Bonchev–Trinajstić information content (AvgIpc) is 2.28. The van der Waals surface area contributed by atoms with Crippen LogP contribution in [0.1, 0.15) is 33.6 Å². The molecule has 18 heavy (non-hydrogen) atoms. The van der Waals surface area contributed by atoms with Gasteiger partial charge in [-0.15, -0.1) is 0 Å². The molecule has 100 valence electrons. The van der Waals surface area contributed by atoms with E-state index >= 15 is 0 Å². The summed E-state index contributed by atoms with van der Waals surface area (Å²) in [5.74, 6) is 1.63. The van der Waals surface area contributed by atoms with E-state index in [4.69, 9.17) is 4.74 Å². The summed E-state index contributed by atoms with van der Waals surface area (Å²) < 4.78 is 5.12. The van der Waals surface area contributed by atoms with E-state index in [1.54, 1.807) is 14.0 Å². The van der Waals surface area contributed by atoms with Gasteiger partial charge in [0, 0.05) is 18.2 Å². The van der Waals surface area contributed by atoms with Crippen molar-refractivity contribution >= 4 is 11.5 Å². The largest absolute Gasteiger partial charge is 0.497 e. The van der Waals surface area contributed by atoms with Crippen LogP contribution in [0.25, 0.3) is 0 Å². The van der Waals surface area contributed by atoms with Crippen molar-refractivity contribution in [3.63, 3.8) is 0 Å². The van der Waals surface area contributed by atoms with Crippen molar-refractivity contribution in [3.8, 4) is 5.75 Å². The Morgan fingerprint density at radius 1 is 1.28 bits per heavy atom. The molecule has 0 heterocycles. The smallest absolute Gasteiger partial charge is 0.131 e. The third-order valence-electron chi connectivity index (χ3n) is 2.75. The first-order chi connectivity index (χ1) is 8.51. The molecule has 1 atom stereocenters. The lowest BCUT2D eigenvalue weighted by Gasteiger charge is -2.20. The van der Waals surface area contributed by atoms with Gasteiger partial charge in [-0.05, 0) is 43.5 Å². The van der Waals surface area contributed by atoms with Crippen LogP contribution in [0.15, 0.2) is 24.3 Å². The van der Waals surface area contributed by atoms with Gasteiger partial charge >= 0.3 is 0 Å². The van der Waals surface area contributed by atoms with Crippen LogP contribution in [0.5, 0.6) is 5.75 Å². The molecule has 0 aromatic heterocycles. The van der Waals surface area contributed by atoms with Crippen molar-refractivity contribution in [2.24, 2.45) is 5.92 Å². The monoisotopic (exact) mass is 249 g/mol. The second-order valence-electron chi connectivity index (χ2n) is 5.11. The number of Topliss-reactive ketones (excluding diaryl/α,β-unsaturated/α-hetero) is 1. The molecular weight excluding hydrogens is 226 g/mol. The zero-order valence-corrected chi connectivity index (χ0v) is 11.7. The van der Waals surface area contributed by atoms with Gasteiger partial charge in [-0.1, -0.05) is 13.8 Å². The van der Waals surface area contributed by atoms with Gasteiger partial charge < -0.3 is 10.1 Å². The molecule has 0 amide bonds. The van der Waals surface area contributed by atoms with Crippen LogP contribution in [0.2, 0.25) is 0 Å². The lowest BCUT2D eigenvalue weighted by molar-refractivity contribution is -0.117. The molecule has 1 unspecified atom stereocenters. The fourth-order valence-electron chi connectivity index (χ4n) is 2.03. The Morgan fingerprint density at radius 2 is 1.89 bits per heavy atom. The quantitative estimate of drug-likeness (QED) is 0.803. The maximum Gasteiger partial charge on any atom is 0.131 e. The number of rotatable bonds is 7. The number of ketones is 1. The fraction of sp³-hybridized carbons (Fsp3) is 0.533. The molecule has 0 fully saturated rings. The third kappa shape index (κ3) is 5.21. The summed E-state index contributed by atoms with van der Waals surface area (Å²) in [7, 11) is 1.65. The number of ether oxygens (including phenoxy) is 1. The Labute approximate surface area is 110 Å². The first kappa shape index (κ1) is 14.6. The Morgan fingerprint density at radius 3 is 2.33 bits per heavy atom. The summed E-state index contributed by atoms with van der Waals surface area (Å²) in [6, 6.07) is 8.00. The second-order valence-corrected chi connectivity index (χ2v) is 5.11. The van der Waals surface area contributed by atoms with Crippen LogP contribution in [0.3, 0.4) is 0 Å². The van der Waals surface area contributed by atoms with Crippen molar-refractivity contribution in [2.75, 3.05) is 12.4 Å². The summed E-state index contributed by atoms with van der Waals surface area (Å²) in [6.07, 6.45) is 1.57. The highest BCUT2D eigenvalue weighted by Gasteiger charge is 2.13. The predicted molar refractivity (Wildman–Crippen MR) is 75.2 cm³/mol. The Hall–Kier alpha value is -1.51. The van der Waals surface area contributed by atoms with E-state index in [1.807, 2.05) is 24.3 Å². The van der Waals surface area contributed by atoms with Crippen molar-refractivity contribution in [1.29, 1.82) is 0 Å². The van der Waals surface area contributed by atoms with Gasteiger partial charge in [0.05, 0.1) is 7.11 Å². The van der Waals surface area contributed by atoms with Crippen LogP contribution in [-0.4, -0.2) is 18.9 Å². The Bertz CT molecular complexity index is 371. The van der Waals surface area contributed by atoms with Crippen molar-refractivity contribution in [1.82, 2.24) is 0 Å². The minimum Gasteiger partial charge on any atom is -0.497 e. The molecule has 3 heteroatoms. The number of hydrogen-bond acceptors (Lipinski definition) is 3. The molecule has 0 aliphatic rings. The molecule has 0 radical (unpaired) electrons. The van der Waals surface area contributed by atoms with Crippen molar-refractivity contribution in [3.05, 3.63) is 24.3 Å². The lowest BCUT2D eigenvalue weighted by Crippen LogP contribution is -2.24. The zero-order valence-electron chi connectivity index (χ0n) is 11.7. The van der Waals surface area contributed by atoms with Gasteiger partial charge in [-0.25, -0.2) is 0 Å². The van der Waals surface area contributed by atoms with Crippen molar-refractivity contribution < 1.29 is 9.53 Å². The summed E-state index contributed by atoms with van der Waals surface area (Å²) in [6.45, 7) is 5.98. The maximum absolute atomic E-state index is 11.3. The minimum atomic E-state index is 0.205. The van der Waals surface area contributed by atoms with Crippen LogP contribution in [0.4, 0.5) is 5.69 Å². The summed E-state index contributed by atoms with van der Waals surface area (Å²) in [5, 5.41) is 3.42. The van der Waals surface area contributed by atoms with E-state index in [-0.39, 0.29) is 11.8 Å². The van der Waals surface area contributed by atoms with E-state index in [0.717, 1.165) is 17.9 Å². The molecule has 1 aromatic rings. The maximum atomic E-state index is 11.3. The Kier molecular flexibility index (Phi) is 5.69. The highest BCUT2D eigenvalue weighted by Crippen LogP contribution is 2.19. The highest BCUT2D eigenvalue weighted by molar-refractivity contribution is 5.76. The molecule has 0 aliphatic heterocycles. The summed E-state index contributed by atoms with van der Waals surface area (Å²) in [5.41, 5.74) is 1.03. The molecule has 0 bridgehead atoms. The SMILES string of the molecule is COc1ccc(NC(CC(C)=O)CC(C)C)cc1. The molecule has 0 saturated carbocycles.